The van der Waals surface area contributed by atoms with E-state index in [1.54, 1.807) is 7.11 Å². The van der Waals surface area contributed by atoms with E-state index in [4.69, 9.17) is 4.74 Å². The van der Waals surface area contributed by atoms with Crippen molar-refractivity contribution in [3.8, 4) is 5.75 Å². The van der Waals surface area contributed by atoms with Gasteiger partial charge < -0.3 is 15.4 Å². The van der Waals surface area contributed by atoms with Crippen molar-refractivity contribution in [2.24, 2.45) is 5.92 Å². The summed E-state index contributed by atoms with van der Waals surface area (Å²) < 4.78 is 5.20. The van der Waals surface area contributed by atoms with Crippen molar-refractivity contribution in [3.05, 3.63) is 29.8 Å². The Kier molecular flexibility index (Phi) is 6.05. The van der Waals surface area contributed by atoms with E-state index in [-0.39, 0.29) is 5.91 Å². The van der Waals surface area contributed by atoms with Crippen molar-refractivity contribution in [1.29, 1.82) is 0 Å². The third-order valence-corrected chi connectivity index (χ3v) is 4.20. The minimum Gasteiger partial charge on any atom is -0.497 e. The van der Waals surface area contributed by atoms with E-state index in [1.807, 2.05) is 18.2 Å². The van der Waals surface area contributed by atoms with Crippen molar-refractivity contribution in [3.63, 3.8) is 0 Å². The molecule has 1 aliphatic rings. The van der Waals surface area contributed by atoms with Gasteiger partial charge in [0.2, 0.25) is 5.91 Å². The highest BCUT2D eigenvalue weighted by atomic mass is 16.5. The van der Waals surface area contributed by atoms with Crippen LogP contribution in [0.3, 0.4) is 0 Å². The highest BCUT2D eigenvalue weighted by Gasteiger charge is 2.22. The highest BCUT2D eigenvalue weighted by Crippen LogP contribution is 2.17. The quantitative estimate of drug-likeness (QED) is 0.844. The highest BCUT2D eigenvalue weighted by molar-refractivity contribution is 5.76. The molecule has 0 radical (unpaired) electrons. The molecule has 1 heterocycles. The molecule has 1 fully saturated rings. The Balaban J connectivity index is 1.71. The minimum absolute atomic E-state index is 0.143. The van der Waals surface area contributed by atoms with Crippen LogP contribution in [0.15, 0.2) is 24.3 Å². The Morgan fingerprint density at radius 2 is 2.33 bits per heavy atom. The predicted octanol–water partition coefficient (Wildman–Crippen LogP) is 2.13. The fraction of sp³-hybridized carbons (Fsp3) is 0.588. The number of rotatable bonds is 6. The van der Waals surface area contributed by atoms with Crippen molar-refractivity contribution in [2.75, 3.05) is 20.2 Å². The van der Waals surface area contributed by atoms with E-state index in [0.717, 1.165) is 18.7 Å². The Hall–Kier alpha value is -1.55. The number of carbonyl (C=O) groups is 1. The fourth-order valence-electron chi connectivity index (χ4n) is 2.83. The molecule has 1 amide bonds. The van der Waals surface area contributed by atoms with E-state index < -0.39 is 0 Å². The summed E-state index contributed by atoms with van der Waals surface area (Å²) in [5.74, 6) is 1.59. The average Bonchev–Trinajstić information content (AvgIpc) is 2.50. The van der Waals surface area contributed by atoms with E-state index in [1.165, 1.54) is 18.4 Å². The van der Waals surface area contributed by atoms with Crippen LogP contribution in [0.4, 0.5) is 0 Å². The van der Waals surface area contributed by atoms with Crippen LogP contribution in [0.1, 0.15) is 31.7 Å². The first-order valence-corrected chi connectivity index (χ1v) is 7.82. The largest absolute Gasteiger partial charge is 0.497 e. The van der Waals surface area contributed by atoms with Gasteiger partial charge in [-0.25, -0.2) is 0 Å². The first-order valence-electron chi connectivity index (χ1n) is 7.82. The monoisotopic (exact) mass is 290 g/mol. The molecule has 116 valence electrons. The van der Waals surface area contributed by atoms with Crippen LogP contribution in [0, 0.1) is 5.92 Å². The summed E-state index contributed by atoms with van der Waals surface area (Å²) in [6, 6.07) is 8.30. The summed E-state index contributed by atoms with van der Waals surface area (Å²) in [6.45, 7) is 3.93. The van der Waals surface area contributed by atoms with Crippen LogP contribution in [-0.2, 0) is 11.2 Å². The molecule has 0 aromatic heterocycles. The number of nitrogens with one attached hydrogen (secondary N) is 2. The molecule has 2 atom stereocenters. The van der Waals surface area contributed by atoms with E-state index in [0.29, 0.717) is 24.9 Å². The minimum atomic E-state index is 0.143. The molecule has 21 heavy (non-hydrogen) atoms. The standard InChI is InChI=1S/C17H26N2O2/c1-13-5-4-9-18-16(13)12-17(20)19-10-8-14-6-3-7-15(11-14)21-2/h3,6-7,11,13,16,18H,4-5,8-10,12H2,1-2H3,(H,19,20). The van der Waals surface area contributed by atoms with Gasteiger partial charge in [0.05, 0.1) is 7.11 Å². The molecule has 2 rings (SSSR count). The van der Waals surface area contributed by atoms with Crippen LogP contribution in [0.2, 0.25) is 0 Å². The summed E-state index contributed by atoms with van der Waals surface area (Å²) >= 11 is 0. The Labute approximate surface area is 127 Å². The Bertz CT molecular complexity index is 462. The molecule has 2 N–H and O–H groups in total. The van der Waals surface area contributed by atoms with Crippen LogP contribution in [-0.4, -0.2) is 32.1 Å². The van der Waals surface area contributed by atoms with Gasteiger partial charge >= 0.3 is 0 Å². The molecule has 4 heteroatoms. The van der Waals surface area contributed by atoms with Gasteiger partial charge in [-0.3, -0.25) is 4.79 Å². The van der Waals surface area contributed by atoms with E-state index in [2.05, 4.69) is 23.6 Å². The number of hydrogen-bond donors (Lipinski definition) is 2. The molecule has 4 nitrogen and oxygen atoms in total. The molecule has 0 aliphatic carbocycles. The molecule has 1 aliphatic heterocycles. The van der Waals surface area contributed by atoms with Crippen molar-refractivity contribution in [2.45, 2.75) is 38.6 Å². The second-order valence-corrected chi connectivity index (χ2v) is 5.84. The van der Waals surface area contributed by atoms with Crippen LogP contribution >= 0.6 is 0 Å². The van der Waals surface area contributed by atoms with Gasteiger partial charge in [0.1, 0.15) is 5.75 Å². The van der Waals surface area contributed by atoms with Crippen molar-refractivity contribution in [1.82, 2.24) is 10.6 Å². The lowest BCUT2D eigenvalue weighted by atomic mass is 9.90. The molecular formula is C17H26N2O2. The lowest BCUT2D eigenvalue weighted by Gasteiger charge is -2.29. The zero-order valence-electron chi connectivity index (χ0n) is 13.0. The van der Waals surface area contributed by atoms with Gasteiger partial charge in [0.15, 0.2) is 0 Å². The van der Waals surface area contributed by atoms with Gasteiger partial charge in [-0.15, -0.1) is 0 Å². The molecule has 1 saturated heterocycles. The van der Waals surface area contributed by atoms with Crippen molar-refractivity contribution >= 4 is 5.91 Å². The zero-order chi connectivity index (χ0) is 15.1. The van der Waals surface area contributed by atoms with Gasteiger partial charge in [-0.1, -0.05) is 19.1 Å². The number of amides is 1. The second-order valence-electron chi connectivity index (χ2n) is 5.84. The maximum atomic E-state index is 12.0. The average molecular weight is 290 g/mol. The lowest BCUT2D eigenvalue weighted by molar-refractivity contribution is -0.121. The summed E-state index contributed by atoms with van der Waals surface area (Å²) in [6.07, 6.45) is 3.85. The molecule has 1 aromatic rings. The van der Waals surface area contributed by atoms with Gasteiger partial charge in [0, 0.05) is 19.0 Å². The summed E-state index contributed by atoms with van der Waals surface area (Å²) in [4.78, 5) is 12.0. The van der Waals surface area contributed by atoms with Gasteiger partial charge in [0.25, 0.3) is 0 Å². The fourth-order valence-corrected chi connectivity index (χ4v) is 2.83. The summed E-state index contributed by atoms with van der Waals surface area (Å²) in [7, 11) is 1.67. The van der Waals surface area contributed by atoms with E-state index >= 15 is 0 Å². The van der Waals surface area contributed by atoms with Crippen LogP contribution in [0.5, 0.6) is 5.75 Å². The number of ether oxygens (including phenoxy) is 1. The number of methoxy groups -OCH3 is 1. The van der Waals surface area contributed by atoms with Crippen molar-refractivity contribution < 1.29 is 9.53 Å². The summed E-state index contributed by atoms with van der Waals surface area (Å²) in [5.41, 5.74) is 1.18. The number of piperidine rings is 1. The first kappa shape index (κ1) is 15.8. The van der Waals surface area contributed by atoms with Gasteiger partial charge in [-0.05, 0) is 49.4 Å². The smallest absolute Gasteiger partial charge is 0.221 e. The number of carbonyl (C=O) groups excluding carboxylic acids is 1. The Morgan fingerprint density at radius 3 is 3.10 bits per heavy atom. The Morgan fingerprint density at radius 1 is 1.48 bits per heavy atom. The lowest BCUT2D eigenvalue weighted by Crippen LogP contribution is -2.43. The molecule has 2 unspecified atom stereocenters. The topological polar surface area (TPSA) is 50.4 Å². The van der Waals surface area contributed by atoms with Crippen LogP contribution < -0.4 is 15.4 Å². The summed E-state index contributed by atoms with van der Waals surface area (Å²) in [5, 5.41) is 6.46. The third-order valence-electron chi connectivity index (χ3n) is 4.20. The van der Waals surface area contributed by atoms with Gasteiger partial charge in [-0.2, -0.15) is 0 Å². The van der Waals surface area contributed by atoms with E-state index in [9.17, 15) is 4.79 Å². The molecule has 0 bridgehead atoms. The molecule has 0 spiro atoms. The number of hydrogen-bond acceptors (Lipinski definition) is 3. The molecule has 1 aromatic carbocycles. The van der Waals surface area contributed by atoms with Crippen LogP contribution in [0.25, 0.3) is 0 Å². The zero-order valence-corrected chi connectivity index (χ0v) is 13.0. The first-order chi connectivity index (χ1) is 10.2. The number of benzene rings is 1. The SMILES string of the molecule is COc1cccc(CCNC(=O)CC2NCCCC2C)c1. The molecular weight excluding hydrogens is 264 g/mol. The second kappa shape index (κ2) is 8.03. The normalized spacial score (nSPS) is 21.8. The third kappa shape index (κ3) is 5.05. The maximum Gasteiger partial charge on any atom is 0.221 e. The molecule has 0 saturated carbocycles. The maximum absolute atomic E-state index is 12.0. The predicted molar refractivity (Wildman–Crippen MR) is 84.5 cm³/mol.